The normalized spacial score (nSPS) is 13.6. The number of benzene rings is 1. The summed E-state index contributed by atoms with van der Waals surface area (Å²) in [4.78, 5) is 24.4. The molecule has 0 spiro atoms. The van der Waals surface area contributed by atoms with Gasteiger partial charge in [0.05, 0.1) is 19.0 Å². The van der Waals surface area contributed by atoms with Gasteiger partial charge in [-0.25, -0.2) is 15.0 Å². The first-order valence-corrected chi connectivity index (χ1v) is 13.9. The maximum atomic E-state index is 13.8. The first-order chi connectivity index (χ1) is 17.6. The molecule has 1 aromatic carbocycles. The average Bonchev–Trinajstić information content (AvgIpc) is 3.47. The number of anilines is 1. The molecule has 1 aliphatic heterocycles. The second kappa shape index (κ2) is 14.1. The molecule has 12 nitrogen and oxygen atoms in total. The zero-order chi connectivity index (χ0) is 27.0. The van der Waals surface area contributed by atoms with Crippen molar-refractivity contribution in [1.29, 1.82) is 0 Å². The Bertz CT molecular complexity index is 1250. The Morgan fingerprint density at radius 1 is 1.16 bits per heavy atom. The van der Waals surface area contributed by atoms with Crippen LogP contribution in [0.5, 0.6) is 11.5 Å². The van der Waals surface area contributed by atoms with Crippen LogP contribution in [0.1, 0.15) is 42.0 Å². The van der Waals surface area contributed by atoms with Gasteiger partial charge < -0.3 is 29.2 Å². The summed E-state index contributed by atoms with van der Waals surface area (Å²) < 4.78 is 37.2. The van der Waals surface area contributed by atoms with Gasteiger partial charge in [0.1, 0.15) is 24.7 Å². The van der Waals surface area contributed by atoms with Crippen LogP contribution in [-0.2, 0) is 25.4 Å². The Kier molecular flexibility index (Phi) is 11.5. The van der Waals surface area contributed by atoms with E-state index in [2.05, 4.69) is 40.8 Å². The first kappa shape index (κ1) is 31.0. The summed E-state index contributed by atoms with van der Waals surface area (Å²) in [6, 6.07) is 4.98. The molecule has 3 aromatic rings. The summed E-state index contributed by atoms with van der Waals surface area (Å²) in [7, 11) is -3.34. The van der Waals surface area contributed by atoms with Crippen LogP contribution >= 0.6 is 7.29 Å². The lowest BCUT2D eigenvalue weighted by atomic mass is 10.3. The van der Waals surface area contributed by atoms with Gasteiger partial charge in [-0.05, 0) is 38.0 Å². The summed E-state index contributed by atoms with van der Waals surface area (Å²) in [5, 5.41) is 3.30. The van der Waals surface area contributed by atoms with Crippen molar-refractivity contribution in [2.75, 3.05) is 32.0 Å². The lowest BCUT2D eigenvalue weighted by Gasteiger charge is -2.20. The Labute approximate surface area is 223 Å². The lowest BCUT2D eigenvalue weighted by Crippen LogP contribution is -2.30. The second-order valence-corrected chi connectivity index (χ2v) is 11.9. The molecule has 38 heavy (non-hydrogen) atoms. The van der Waals surface area contributed by atoms with Gasteiger partial charge in [0, 0.05) is 11.8 Å². The van der Waals surface area contributed by atoms with Gasteiger partial charge in [-0.3, -0.25) is 14.4 Å². The summed E-state index contributed by atoms with van der Waals surface area (Å²) in [6.45, 7) is 10.5. The van der Waals surface area contributed by atoms with Crippen molar-refractivity contribution in [2.45, 2.75) is 54.7 Å². The van der Waals surface area contributed by atoms with E-state index in [9.17, 15) is 9.36 Å². The fourth-order valence-corrected chi connectivity index (χ4v) is 5.07. The third-order valence-electron chi connectivity index (χ3n) is 4.80. The number of hydrogen-bond acceptors (Lipinski definition) is 10. The molecule has 0 saturated carbocycles. The molecule has 0 amide bonds. The highest BCUT2D eigenvalue weighted by Gasteiger charge is 2.29. The molecular formula is C25H39N6O6P. The van der Waals surface area contributed by atoms with E-state index in [1.54, 1.807) is 42.9 Å². The van der Waals surface area contributed by atoms with Crippen molar-refractivity contribution >= 4 is 35.5 Å². The van der Waals surface area contributed by atoms with E-state index in [0.29, 0.717) is 40.3 Å². The number of hydrogen-bond donors (Lipinski definition) is 2. The van der Waals surface area contributed by atoms with E-state index < -0.39 is 13.3 Å². The zero-order valence-electron chi connectivity index (χ0n) is 21.8. The predicted molar refractivity (Wildman–Crippen MR) is 147 cm³/mol. The molecule has 0 radical (unpaired) electrons. The van der Waals surface area contributed by atoms with Crippen LogP contribution in [0.2, 0.25) is 0 Å². The van der Waals surface area contributed by atoms with Crippen molar-refractivity contribution in [2.24, 2.45) is 5.92 Å². The number of nitrogens with zero attached hydrogens (tertiary/aromatic N) is 4. The topological polar surface area (TPSA) is 153 Å². The molecule has 2 aromatic heterocycles. The van der Waals surface area contributed by atoms with E-state index in [1.165, 1.54) is 6.33 Å². The number of carbonyl (C=O) groups excluding carboxylic acids is 1. The third kappa shape index (κ3) is 8.41. The van der Waals surface area contributed by atoms with Crippen molar-refractivity contribution < 1.29 is 28.3 Å². The number of fused-ring (bicyclic) bond motifs is 2. The van der Waals surface area contributed by atoms with Crippen molar-refractivity contribution in [3.05, 3.63) is 30.9 Å². The number of ether oxygens (including phenoxy) is 4. The molecule has 0 bridgehead atoms. The minimum absolute atomic E-state index is 0. The SMILES string of the molecule is C.CC(C)C.CC(C)OC(=O)CNP(=O)(COCCn1cnc2c(N)ncnc21)c1ccc2c(c1)OCO2. The van der Waals surface area contributed by atoms with E-state index in [0.717, 1.165) is 5.92 Å². The predicted octanol–water partition coefficient (Wildman–Crippen LogP) is 3.55. The number of aromatic nitrogens is 4. The molecule has 3 N–H and O–H groups in total. The molecule has 1 aliphatic rings. The van der Waals surface area contributed by atoms with Crippen LogP contribution in [0.3, 0.4) is 0 Å². The Morgan fingerprint density at radius 3 is 2.58 bits per heavy atom. The van der Waals surface area contributed by atoms with Gasteiger partial charge in [-0.2, -0.15) is 0 Å². The molecule has 13 heteroatoms. The number of imidazole rings is 1. The van der Waals surface area contributed by atoms with Crippen LogP contribution in [0.15, 0.2) is 30.9 Å². The van der Waals surface area contributed by atoms with Gasteiger partial charge in [0.2, 0.25) is 14.1 Å². The van der Waals surface area contributed by atoms with Crippen LogP contribution < -0.4 is 25.6 Å². The Morgan fingerprint density at radius 2 is 1.87 bits per heavy atom. The number of carbonyl (C=O) groups is 1. The highest BCUT2D eigenvalue weighted by Crippen LogP contribution is 2.43. The zero-order valence-corrected chi connectivity index (χ0v) is 22.7. The van der Waals surface area contributed by atoms with E-state index >= 15 is 0 Å². The number of nitrogen functional groups attached to an aromatic ring is 1. The standard InChI is InChI=1S/C20H25N6O6P.C4H10.CH4/c1-13(2)32-17(27)8-25-33(28,14-3-4-15-16(7-14)31-11-30-15)12-29-6-5-26-10-24-18-19(21)22-9-23-20(18)26;1-4(2)3;/h3-4,7,9-10,13H,5-6,8,11-12H2,1-2H3,(H,25,28)(H2,21,22,23);4H,1-3H3;1H4. The van der Waals surface area contributed by atoms with Crippen LogP contribution in [0, 0.1) is 5.92 Å². The molecule has 3 heterocycles. The van der Waals surface area contributed by atoms with E-state index in [-0.39, 0.29) is 39.8 Å². The Hall–Kier alpha value is -3.21. The van der Waals surface area contributed by atoms with Gasteiger partial charge in [-0.15, -0.1) is 0 Å². The van der Waals surface area contributed by atoms with Gasteiger partial charge in [-0.1, -0.05) is 28.2 Å². The summed E-state index contributed by atoms with van der Waals surface area (Å²) in [5.74, 6) is 1.68. The number of esters is 1. The van der Waals surface area contributed by atoms with Crippen molar-refractivity contribution in [1.82, 2.24) is 24.6 Å². The van der Waals surface area contributed by atoms with Crippen molar-refractivity contribution in [3.8, 4) is 11.5 Å². The molecular weight excluding hydrogens is 511 g/mol. The van der Waals surface area contributed by atoms with Crippen molar-refractivity contribution in [3.63, 3.8) is 0 Å². The third-order valence-corrected chi connectivity index (χ3v) is 7.13. The van der Waals surface area contributed by atoms with Gasteiger partial charge in [0.25, 0.3) is 0 Å². The number of rotatable bonds is 10. The largest absolute Gasteiger partial charge is 0.462 e. The molecule has 0 saturated heterocycles. The molecule has 0 aliphatic carbocycles. The quantitative estimate of drug-likeness (QED) is 0.216. The molecule has 1 atom stereocenters. The highest BCUT2D eigenvalue weighted by molar-refractivity contribution is 7.69. The second-order valence-electron chi connectivity index (χ2n) is 9.29. The molecule has 210 valence electrons. The number of nitrogens with two attached hydrogens (primary N) is 1. The Balaban J connectivity index is 0.000000947. The molecule has 1 unspecified atom stereocenters. The van der Waals surface area contributed by atoms with Crippen LogP contribution in [-0.4, -0.2) is 57.9 Å². The molecule has 4 rings (SSSR count). The van der Waals surface area contributed by atoms with Crippen LogP contribution in [0.25, 0.3) is 11.2 Å². The van der Waals surface area contributed by atoms with Gasteiger partial charge >= 0.3 is 5.97 Å². The van der Waals surface area contributed by atoms with Gasteiger partial charge in [0.15, 0.2) is 23.0 Å². The van der Waals surface area contributed by atoms with E-state index in [1.807, 2.05) is 0 Å². The maximum Gasteiger partial charge on any atom is 0.320 e. The highest BCUT2D eigenvalue weighted by atomic mass is 31.2. The number of nitrogens with one attached hydrogen (secondary N) is 1. The smallest absolute Gasteiger partial charge is 0.320 e. The first-order valence-electron chi connectivity index (χ1n) is 12.0. The summed E-state index contributed by atoms with van der Waals surface area (Å²) in [6.07, 6.45) is 2.54. The van der Waals surface area contributed by atoms with Crippen LogP contribution in [0.4, 0.5) is 5.82 Å². The summed E-state index contributed by atoms with van der Waals surface area (Å²) >= 11 is 0. The van der Waals surface area contributed by atoms with E-state index in [4.69, 9.17) is 24.7 Å². The minimum atomic E-state index is -3.34. The average molecular weight is 551 g/mol. The fourth-order valence-electron chi connectivity index (χ4n) is 3.24. The summed E-state index contributed by atoms with van der Waals surface area (Å²) in [5.41, 5.74) is 6.90. The monoisotopic (exact) mass is 550 g/mol. The maximum absolute atomic E-state index is 13.8. The lowest BCUT2D eigenvalue weighted by molar-refractivity contribution is -0.145. The molecule has 0 fully saturated rings. The fraction of sp³-hybridized carbons (Fsp3) is 0.520. The minimum Gasteiger partial charge on any atom is -0.462 e.